The van der Waals surface area contributed by atoms with Gasteiger partial charge in [-0.1, -0.05) is 5.92 Å². The van der Waals surface area contributed by atoms with Crippen molar-refractivity contribution in [1.82, 2.24) is 4.98 Å². The molecule has 2 nitrogen and oxygen atoms in total. The van der Waals surface area contributed by atoms with E-state index < -0.39 is 11.9 Å². The minimum absolute atomic E-state index is 0.229. The zero-order valence-electron chi connectivity index (χ0n) is 6.80. The second-order valence-electron chi connectivity index (χ2n) is 2.28. The summed E-state index contributed by atoms with van der Waals surface area (Å²) >= 11 is 0. The molecule has 0 unspecified atom stereocenters. The molecule has 0 radical (unpaired) electrons. The first-order valence-electron chi connectivity index (χ1n) is 3.53. The van der Waals surface area contributed by atoms with E-state index >= 15 is 0 Å². The average molecular weight is 199 g/mol. The molecule has 0 bridgehead atoms. The molecule has 1 heterocycles. The summed E-state index contributed by atoms with van der Waals surface area (Å²) in [6.45, 7) is 0. The zero-order chi connectivity index (χ0) is 10.6. The van der Waals surface area contributed by atoms with Crippen molar-refractivity contribution >= 4 is 6.29 Å². The SMILES string of the molecule is O=CC#Cc1cccnc1C(F)(F)F. The van der Waals surface area contributed by atoms with E-state index in [1.807, 2.05) is 5.92 Å². The lowest BCUT2D eigenvalue weighted by Crippen LogP contribution is -2.10. The van der Waals surface area contributed by atoms with E-state index in [4.69, 9.17) is 0 Å². The summed E-state index contributed by atoms with van der Waals surface area (Å²) in [6, 6.07) is 2.48. The molecule has 0 amide bonds. The van der Waals surface area contributed by atoms with Crippen LogP contribution in [-0.4, -0.2) is 11.3 Å². The van der Waals surface area contributed by atoms with Crippen molar-refractivity contribution in [2.45, 2.75) is 6.18 Å². The van der Waals surface area contributed by atoms with Gasteiger partial charge in [0.2, 0.25) is 0 Å². The molecular weight excluding hydrogens is 195 g/mol. The van der Waals surface area contributed by atoms with E-state index in [2.05, 4.69) is 10.9 Å². The molecule has 0 saturated heterocycles. The summed E-state index contributed by atoms with van der Waals surface area (Å²) in [5, 5.41) is 0. The maximum Gasteiger partial charge on any atom is 0.434 e. The van der Waals surface area contributed by atoms with Crippen LogP contribution in [0.5, 0.6) is 0 Å². The van der Waals surface area contributed by atoms with E-state index in [0.29, 0.717) is 0 Å². The molecule has 1 rings (SSSR count). The highest BCUT2D eigenvalue weighted by atomic mass is 19.4. The third kappa shape index (κ3) is 2.33. The number of carbonyl (C=O) groups excluding carboxylic acids is 1. The van der Waals surface area contributed by atoms with Gasteiger partial charge in [0.1, 0.15) is 0 Å². The van der Waals surface area contributed by atoms with Crippen LogP contribution in [0.3, 0.4) is 0 Å². The monoisotopic (exact) mass is 199 g/mol. The summed E-state index contributed by atoms with van der Waals surface area (Å²) < 4.78 is 36.8. The molecule has 5 heteroatoms. The Morgan fingerprint density at radius 3 is 2.71 bits per heavy atom. The number of aromatic nitrogens is 1. The van der Waals surface area contributed by atoms with Crippen molar-refractivity contribution in [1.29, 1.82) is 0 Å². The number of carbonyl (C=O) groups is 1. The second-order valence-corrected chi connectivity index (χ2v) is 2.28. The van der Waals surface area contributed by atoms with Gasteiger partial charge < -0.3 is 0 Å². The predicted octanol–water partition coefficient (Wildman–Crippen LogP) is 1.65. The van der Waals surface area contributed by atoms with Gasteiger partial charge in [-0.2, -0.15) is 13.2 Å². The fraction of sp³-hybridized carbons (Fsp3) is 0.111. The minimum Gasteiger partial charge on any atom is -0.289 e. The maximum atomic E-state index is 12.3. The van der Waals surface area contributed by atoms with E-state index in [9.17, 15) is 18.0 Å². The van der Waals surface area contributed by atoms with Crippen LogP contribution in [0.25, 0.3) is 0 Å². The number of rotatable bonds is 0. The van der Waals surface area contributed by atoms with Crippen molar-refractivity contribution in [2.24, 2.45) is 0 Å². The summed E-state index contributed by atoms with van der Waals surface area (Å²) in [6.07, 6.45) is -3.30. The number of hydrogen-bond donors (Lipinski definition) is 0. The van der Waals surface area contributed by atoms with Crippen LogP contribution in [0.4, 0.5) is 13.2 Å². The summed E-state index contributed by atoms with van der Waals surface area (Å²) in [5.74, 6) is 3.98. The fourth-order valence-corrected chi connectivity index (χ4v) is 0.839. The van der Waals surface area contributed by atoms with Gasteiger partial charge in [-0.15, -0.1) is 0 Å². The van der Waals surface area contributed by atoms with Gasteiger partial charge in [0.15, 0.2) is 12.0 Å². The maximum absolute atomic E-state index is 12.3. The molecular formula is C9H4F3NO. The molecule has 1 aromatic heterocycles. The highest BCUT2D eigenvalue weighted by Crippen LogP contribution is 2.29. The molecule has 14 heavy (non-hydrogen) atoms. The van der Waals surface area contributed by atoms with Crippen LogP contribution in [-0.2, 0) is 11.0 Å². The highest BCUT2D eigenvalue weighted by Gasteiger charge is 2.34. The summed E-state index contributed by atoms with van der Waals surface area (Å²) in [5.41, 5.74) is -1.37. The van der Waals surface area contributed by atoms with E-state index in [1.165, 1.54) is 6.07 Å². The van der Waals surface area contributed by atoms with Crippen LogP contribution in [0.15, 0.2) is 18.3 Å². The molecule has 0 aromatic carbocycles. The van der Waals surface area contributed by atoms with Crippen molar-refractivity contribution < 1.29 is 18.0 Å². The van der Waals surface area contributed by atoms with Crippen molar-refractivity contribution in [2.75, 3.05) is 0 Å². The van der Waals surface area contributed by atoms with E-state index in [1.54, 1.807) is 0 Å². The Labute approximate surface area is 77.8 Å². The number of aldehydes is 1. The van der Waals surface area contributed by atoms with Gasteiger partial charge in [0, 0.05) is 6.20 Å². The zero-order valence-corrected chi connectivity index (χ0v) is 6.80. The lowest BCUT2D eigenvalue weighted by molar-refractivity contribution is -0.141. The molecule has 0 aliphatic rings. The van der Waals surface area contributed by atoms with Gasteiger partial charge in [-0.25, -0.2) is 0 Å². The van der Waals surface area contributed by atoms with Gasteiger partial charge in [0.05, 0.1) is 5.56 Å². The van der Waals surface area contributed by atoms with Crippen molar-refractivity contribution in [3.8, 4) is 11.8 Å². The third-order valence-electron chi connectivity index (χ3n) is 1.34. The van der Waals surface area contributed by atoms with Crippen LogP contribution in [0, 0.1) is 11.8 Å². The molecule has 0 atom stereocenters. The number of nitrogens with zero attached hydrogens (tertiary/aromatic N) is 1. The molecule has 0 aliphatic carbocycles. The Morgan fingerprint density at radius 1 is 1.43 bits per heavy atom. The summed E-state index contributed by atoms with van der Waals surface area (Å²) in [7, 11) is 0. The first-order valence-corrected chi connectivity index (χ1v) is 3.53. The molecule has 1 aromatic rings. The number of halogens is 3. The predicted molar refractivity (Wildman–Crippen MR) is 42.2 cm³/mol. The Bertz CT molecular complexity index is 400. The molecule has 0 fully saturated rings. The largest absolute Gasteiger partial charge is 0.434 e. The topological polar surface area (TPSA) is 30.0 Å². The molecule has 0 aliphatic heterocycles. The molecule has 0 spiro atoms. The number of pyridine rings is 1. The Morgan fingerprint density at radius 2 is 2.14 bits per heavy atom. The van der Waals surface area contributed by atoms with Gasteiger partial charge in [-0.05, 0) is 18.1 Å². The minimum atomic E-state index is -4.55. The van der Waals surface area contributed by atoms with Gasteiger partial charge in [0.25, 0.3) is 0 Å². The molecule has 0 N–H and O–H groups in total. The quantitative estimate of drug-likeness (QED) is 0.469. The van der Waals surface area contributed by atoms with Crippen LogP contribution in [0.2, 0.25) is 0 Å². The smallest absolute Gasteiger partial charge is 0.289 e. The van der Waals surface area contributed by atoms with Crippen molar-refractivity contribution in [3.05, 3.63) is 29.6 Å². The lowest BCUT2D eigenvalue weighted by Gasteiger charge is -2.06. The second kappa shape index (κ2) is 3.92. The lowest BCUT2D eigenvalue weighted by atomic mass is 10.2. The average Bonchev–Trinajstić information content (AvgIpc) is 2.14. The van der Waals surface area contributed by atoms with Crippen molar-refractivity contribution in [3.63, 3.8) is 0 Å². The van der Waals surface area contributed by atoms with Crippen LogP contribution in [0.1, 0.15) is 11.3 Å². The fourth-order valence-electron chi connectivity index (χ4n) is 0.839. The van der Waals surface area contributed by atoms with Crippen LogP contribution < -0.4 is 0 Å². The number of hydrogen-bond acceptors (Lipinski definition) is 2. The Hall–Kier alpha value is -1.83. The summed E-state index contributed by atoms with van der Waals surface area (Å²) in [4.78, 5) is 13.0. The van der Waals surface area contributed by atoms with Gasteiger partial charge >= 0.3 is 6.18 Å². The number of alkyl halides is 3. The van der Waals surface area contributed by atoms with Gasteiger partial charge in [-0.3, -0.25) is 9.78 Å². The Balaban J connectivity index is 3.23. The Kier molecular flexibility index (Phi) is 2.87. The first kappa shape index (κ1) is 10.3. The molecule has 0 saturated carbocycles. The van der Waals surface area contributed by atoms with E-state index in [0.717, 1.165) is 12.3 Å². The van der Waals surface area contributed by atoms with Crippen LogP contribution >= 0.6 is 0 Å². The third-order valence-corrected chi connectivity index (χ3v) is 1.34. The first-order chi connectivity index (χ1) is 6.55. The standard InChI is InChI=1S/C9H4F3NO/c10-9(11,12)8-7(4-2-6-14)3-1-5-13-8/h1,3,5-6H. The normalized spacial score (nSPS) is 10.2. The van der Waals surface area contributed by atoms with E-state index in [-0.39, 0.29) is 11.8 Å². The molecule has 72 valence electrons. The highest BCUT2D eigenvalue weighted by molar-refractivity contribution is 5.74.